The summed E-state index contributed by atoms with van der Waals surface area (Å²) in [6.45, 7) is 0. The van der Waals surface area contributed by atoms with Gasteiger partial charge < -0.3 is 5.11 Å². The van der Waals surface area contributed by atoms with Crippen molar-refractivity contribution < 1.29 is 9.90 Å². The quantitative estimate of drug-likeness (QED) is 0.521. The van der Waals surface area contributed by atoms with E-state index in [-0.39, 0.29) is 0 Å². The molecule has 1 N–H and O–H groups in total. The second-order valence-corrected chi connectivity index (χ2v) is 3.89. The summed E-state index contributed by atoms with van der Waals surface area (Å²) in [5.41, 5.74) is 0.753. The molecule has 0 saturated carbocycles. The lowest BCUT2D eigenvalue weighted by atomic mass is 10.0. The highest BCUT2D eigenvalue weighted by atomic mass is 16.2. The van der Waals surface area contributed by atoms with E-state index in [0.717, 1.165) is 29.7 Å². The van der Waals surface area contributed by atoms with Crippen LogP contribution in [0.1, 0.15) is 10.4 Å². The first kappa shape index (κ1) is 12.3. The minimum atomic E-state index is 0.753. The standard InChI is InChI=1S/C15H10O.CH4O/c16-10-14-7-3-6-13-8-11-4-1-2-5-12(11)9-15(13)14;1-2/h1-10H;2H,1H3. The Morgan fingerprint density at radius 1 is 0.833 bits per heavy atom. The molecule has 2 heteroatoms. The summed E-state index contributed by atoms with van der Waals surface area (Å²) in [6, 6.07) is 18.2. The van der Waals surface area contributed by atoms with Crippen LogP contribution < -0.4 is 0 Å². The van der Waals surface area contributed by atoms with Gasteiger partial charge in [-0.2, -0.15) is 0 Å². The molecule has 0 aliphatic rings. The Balaban J connectivity index is 0.000000574. The van der Waals surface area contributed by atoms with Crippen LogP contribution in [-0.2, 0) is 0 Å². The topological polar surface area (TPSA) is 37.3 Å². The lowest BCUT2D eigenvalue weighted by Crippen LogP contribution is -1.83. The molecule has 3 rings (SSSR count). The molecule has 18 heavy (non-hydrogen) atoms. The average Bonchev–Trinajstić information content (AvgIpc) is 2.46. The molecule has 0 heterocycles. The Labute approximate surface area is 105 Å². The van der Waals surface area contributed by atoms with Crippen molar-refractivity contribution in [1.82, 2.24) is 0 Å². The number of fused-ring (bicyclic) bond motifs is 2. The zero-order chi connectivity index (χ0) is 13.0. The van der Waals surface area contributed by atoms with Crippen LogP contribution in [0.3, 0.4) is 0 Å². The van der Waals surface area contributed by atoms with Gasteiger partial charge in [-0.3, -0.25) is 4.79 Å². The van der Waals surface area contributed by atoms with Crippen LogP contribution >= 0.6 is 0 Å². The van der Waals surface area contributed by atoms with Crippen molar-refractivity contribution in [2.75, 3.05) is 7.11 Å². The number of carbonyl (C=O) groups is 1. The molecule has 3 aromatic rings. The highest BCUT2D eigenvalue weighted by Crippen LogP contribution is 2.24. The molecule has 0 bridgehead atoms. The lowest BCUT2D eigenvalue weighted by Gasteiger charge is -2.03. The van der Waals surface area contributed by atoms with Crippen molar-refractivity contribution in [1.29, 1.82) is 0 Å². The second kappa shape index (κ2) is 5.43. The Hall–Kier alpha value is -2.19. The second-order valence-electron chi connectivity index (χ2n) is 3.89. The lowest BCUT2D eigenvalue weighted by molar-refractivity contribution is 0.112. The van der Waals surface area contributed by atoms with Crippen LogP contribution in [0, 0.1) is 0 Å². The van der Waals surface area contributed by atoms with Gasteiger partial charge in [-0.1, -0.05) is 42.5 Å². The maximum absolute atomic E-state index is 11.0. The van der Waals surface area contributed by atoms with Crippen molar-refractivity contribution in [3.8, 4) is 0 Å². The first-order valence-corrected chi connectivity index (χ1v) is 5.70. The van der Waals surface area contributed by atoms with E-state index in [1.54, 1.807) is 0 Å². The van der Waals surface area contributed by atoms with E-state index in [1.807, 2.05) is 30.3 Å². The monoisotopic (exact) mass is 238 g/mol. The highest BCUT2D eigenvalue weighted by Gasteiger charge is 2.01. The van der Waals surface area contributed by atoms with Gasteiger partial charge in [0.05, 0.1) is 0 Å². The Morgan fingerprint density at radius 3 is 2.11 bits per heavy atom. The van der Waals surface area contributed by atoms with Crippen LogP contribution in [-0.4, -0.2) is 18.5 Å². The summed E-state index contributed by atoms with van der Waals surface area (Å²) < 4.78 is 0. The fourth-order valence-corrected chi connectivity index (χ4v) is 2.09. The molecule has 0 spiro atoms. The number of hydrogen-bond acceptors (Lipinski definition) is 2. The summed E-state index contributed by atoms with van der Waals surface area (Å²) in [7, 11) is 1.00. The van der Waals surface area contributed by atoms with Gasteiger partial charge in [-0.05, 0) is 33.7 Å². The van der Waals surface area contributed by atoms with Gasteiger partial charge >= 0.3 is 0 Å². The predicted octanol–water partition coefficient (Wildman–Crippen LogP) is 3.41. The molecule has 0 fully saturated rings. The maximum Gasteiger partial charge on any atom is 0.150 e. The minimum Gasteiger partial charge on any atom is -0.400 e. The molecule has 0 aliphatic carbocycles. The van der Waals surface area contributed by atoms with Crippen molar-refractivity contribution in [3.05, 3.63) is 60.2 Å². The summed E-state index contributed by atoms with van der Waals surface area (Å²) in [6.07, 6.45) is 0.914. The van der Waals surface area contributed by atoms with E-state index < -0.39 is 0 Å². The van der Waals surface area contributed by atoms with Gasteiger partial charge in [0, 0.05) is 12.7 Å². The van der Waals surface area contributed by atoms with Crippen LogP contribution in [0.25, 0.3) is 21.5 Å². The van der Waals surface area contributed by atoms with Crippen LogP contribution in [0.5, 0.6) is 0 Å². The van der Waals surface area contributed by atoms with E-state index in [9.17, 15) is 4.79 Å². The highest BCUT2D eigenvalue weighted by molar-refractivity contribution is 6.05. The van der Waals surface area contributed by atoms with Gasteiger partial charge in [-0.25, -0.2) is 0 Å². The third kappa shape index (κ3) is 2.11. The van der Waals surface area contributed by atoms with E-state index in [1.165, 1.54) is 10.8 Å². The van der Waals surface area contributed by atoms with E-state index in [0.29, 0.717) is 0 Å². The molecule has 0 saturated heterocycles. The van der Waals surface area contributed by atoms with Gasteiger partial charge in [0.25, 0.3) is 0 Å². The number of aliphatic hydroxyl groups is 1. The third-order valence-corrected chi connectivity index (χ3v) is 2.91. The number of rotatable bonds is 1. The summed E-state index contributed by atoms with van der Waals surface area (Å²) in [4.78, 5) is 11.0. The normalized spacial score (nSPS) is 9.89. The van der Waals surface area contributed by atoms with Crippen molar-refractivity contribution in [3.63, 3.8) is 0 Å². The summed E-state index contributed by atoms with van der Waals surface area (Å²) in [5, 5.41) is 11.5. The molecule has 3 aromatic carbocycles. The number of hydrogen-bond donors (Lipinski definition) is 1. The zero-order valence-corrected chi connectivity index (χ0v) is 10.1. The number of aldehydes is 1. The minimum absolute atomic E-state index is 0.753. The van der Waals surface area contributed by atoms with E-state index >= 15 is 0 Å². The number of benzene rings is 3. The Morgan fingerprint density at radius 2 is 1.44 bits per heavy atom. The van der Waals surface area contributed by atoms with Gasteiger partial charge in [0.1, 0.15) is 0 Å². The van der Waals surface area contributed by atoms with Crippen molar-refractivity contribution in [2.45, 2.75) is 0 Å². The van der Waals surface area contributed by atoms with E-state index in [4.69, 9.17) is 5.11 Å². The van der Waals surface area contributed by atoms with Crippen molar-refractivity contribution >= 4 is 27.8 Å². The van der Waals surface area contributed by atoms with Gasteiger partial charge in [0.15, 0.2) is 6.29 Å². The van der Waals surface area contributed by atoms with Crippen LogP contribution in [0.4, 0.5) is 0 Å². The number of carbonyl (C=O) groups excluding carboxylic acids is 1. The van der Waals surface area contributed by atoms with Crippen LogP contribution in [0.2, 0.25) is 0 Å². The Kier molecular flexibility index (Phi) is 3.70. The zero-order valence-electron chi connectivity index (χ0n) is 10.1. The first-order chi connectivity index (χ1) is 8.88. The molecular weight excluding hydrogens is 224 g/mol. The van der Waals surface area contributed by atoms with Gasteiger partial charge in [0.2, 0.25) is 0 Å². The molecule has 90 valence electrons. The Bertz CT molecular complexity index is 687. The van der Waals surface area contributed by atoms with Gasteiger partial charge in [-0.15, -0.1) is 0 Å². The third-order valence-electron chi connectivity index (χ3n) is 2.91. The predicted molar refractivity (Wildman–Crippen MR) is 75.0 cm³/mol. The summed E-state index contributed by atoms with van der Waals surface area (Å²) >= 11 is 0. The fourth-order valence-electron chi connectivity index (χ4n) is 2.09. The molecule has 2 nitrogen and oxygen atoms in total. The molecule has 0 aromatic heterocycles. The average molecular weight is 238 g/mol. The summed E-state index contributed by atoms with van der Waals surface area (Å²) in [5.74, 6) is 0. The molecule has 0 aliphatic heterocycles. The molecule has 0 amide bonds. The maximum atomic E-state index is 11.0. The first-order valence-electron chi connectivity index (χ1n) is 5.70. The van der Waals surface area contributed by atoms with Crippen molar-refractivity contribution in [2.24, 2.45) is 0 Å². The largest absolute Gasteiger partial charge is 0.400 e. The van der Waals surface area contributed by atoms with Crippen LogP contribution in [0.15, 0.2) is 54.6 Å². The smallest absolute Gasteiger partial charge is 0.150 e. The number of aliphatic hydroxyl groups excluding tert-OH is 1. The SMILES string of the molecule is CO.O=Cc1cccc2cc3ccccc3cc12. The molecule has 0 radical (unpaired) electrons. The molecule has 0 unspecified atom stereocenters. The fraction of sp³-hybridized carbons (Fsp3) is 0.0625. The van der Waals surface area contributed by atoms with E-state index in [2.05, 4.69) is 24.3 Å². The molecular formula is C16H14O2. The molecule has 0 atom stereocenters.